The number of carbonyl (C=O) groups excluding carboxylic acids is 1. The predicted octanol–water partition coefficient (Wildman–Crippen LogP) is 1.76. The maximum atomic E-state index is 13.0. The molecule has 2 fully saturated rings. The third-order valence-corrected chi connectivity index (χ3v) is 6.37. The number of carbonyl (C=O) groups is 1. The Morgan fingerprint density at radius 1 is 1.21 bits per heavy atom. The van der Waals surface area contributed by atoms with E-state index >= 15 is 0 Å². The summed E-state index contributed by atoms with van der Waals surface area (Å²) in [6.07, 6.45) is 4.59. The Labute approximate surface area is 173 Å². The average molecular weight is 422 g/mol. The highest BCUT2D eigenvalue weighted by molar-refractivity contribution is 7.20. The third kappa shape index (κ3) is 3.88. The van der Waals surface area contributed by atoms with Crippen LogP contribution in [0.2, 0.25) is 0 Å². The van der Waals surface area contributed by atoms with Crippen LogP contribution in [0.4, 0.5) is 5.13 Å². The minimum absolute atomic E-state index is 0.0566. The lowest BCUT2D eigenvalue weighted by Gasteiger charge is -2.37. The van der Waals surface area contributed by atoms with Gasteiger partial charge in [-0.1, -0.05) is 25.2 Å². The van der Waals surface area contributed by atoms with Gasteiger partial charge in [-0.25, -0.2) is 4.98 Å². The number of aromatic nitrogens is 3. The molecule has 0 N–H and O–H groups in total. The van der Waals surface area contributed by atoms with Gasteiger partial charge in [0.05, 0.1) is 13.2 Å². The van der Waals surface area contributed by atoms with E-state index in [1.807, 2.05) is 0 Å². The monoisotopic (exact) mass is 421 g/mol. The number of ether oxygens (including phenoxy) is 2. The van der Waals surface area contributed by atoms with Crippen LogP contribution in [0.1, 0.15) is 49.9 Å². The zero-order chi connectivity index (χ0) is 20.4. The molecule has 0 bridgehead atoms. The van der Waals surface area contributed by atoms with Gasteiger partial charge in [0, 0.05) is 45.2 Å². The zero-order valence-corrected chi connectivity index (χ0v) is 17.7. The largest absolute Gasteiger partial charge is 0.347 e. The first-order valence-electron chi connectivity index (χ1n) is 10.3. The normalized spacial score (nSPS) is 18.6. The number of amides is 1. The lowest BCUT2D eigenvalue weighted by atomic mass is 10.0. The van der Waals surface area contributed by atoms with E-state index in [-0.39, 0.29) is 11.5 Å². The molecule has 4 rings (SSSR count). The van der Waals surface area contributed by atoms with Crippen LogP contribution in [0, 0.1) is 0 Å². The average Bonchev–Trinajstić information content (AvgIpc) is 3.36. The number of piperidine rings is 1. The van der Waals surface area contributed by atoms with Crippen LogP contribution in [-0.4, -0.2) is 70.6 Å². The second kappa shape index (κ2) is 8.37. The summed E-state index contributed by atoms with van der Waals surface area (Å²) in [4.78, 5) is 34.6. The second-order valence-corrected chi connectivity index (χ2v) is 8.38. The summed E-state index contributed by atoms with van der Waals surface area (Å²) in [6, 6.07) is 0. The summed E-state index contributed by atoms with van der Waals surface area (Å²) >= 11 is 1.38. The smallest absolute Gasteiger partial charge is 0.288 e. The fraction of sp³-hybridized carbons (Fsp3) is 0.684. The Kier molecular flexibility index (Phi) is 5.84. The lowest BCUT2D eigenvalue weighted by molar-refractivity contribution is -0.181. The molecule has 2 aromatic rings. The van der Waals surface area contributed by atoms with E-state index in [1.165, 1.54) is 22.0 Å². The quantitative estimate of drug-likeness (QED) is 0.702. The highest BCUT2D eigenvalue weighted by Gasteiger charge is 2.41. The number of nitrogens with zero attached hydrogens (tertiary/aromatic N) is 5. The van der Waals surface area contributed by atoms with Crippen LogP contribution in [0.15, 0.2) is 11.0 Å². The van der Waals surface area contributed by atoms with Crippen molar-refractivity contribution < 1.29 is 14.3 Å². The molecule has 10 heteroatoms. The van der Waals surface area contributed by atoms with E-state index in [1.54, 1.807) is 4.90 Å². The first-order chi connectivity index (χ1) is 14.1. The van der Waals surface area contributed by atoms with Gasteiger partial charge in [-0.05, 0) is 12.8 Å². The van der Waals surface area contributed by atoms with Crippen molar-refractivity contribution in [3.63, 3.8) is 0 Å². The Morgan fingerprint density at radius 2 is 1.86 bits per heavy atom. The maximum absolute atomic E-state index is 13.0. The first-order valence-corrected chi connectivity index (χ1v) is 11.1. The van der Waals surface area contributed by atoms with Crippen molar-refractivity contribution in [1.82, 2.24) is 19.5 Å². The van der Waals surface area contributed by atoms with Crippen LogP contribution in [0.25, 0.3) is 4.96 Å². The Bertz CT molecular complexity index is 920. The van der Waals surface area contributed by atoms with Crippen LogP contribution >= 0.6 is 11.3 Å². The van der Waals surface area contributed by atoms with Crippen molar-refractivity contribution in [3.05, 3.63) is 22.1 Å². The molecule has 2 aliphatic heterocycles. The van der Waals surface area contributed by atoms with Crippen molar-refractivity contribution in [2.24, 2.45) is 0 Å². The maximum Gasteiger partial charge on any atom is 0.288 e. The van der Waals surface area contributed by atoms with Gasteiger partial charge in [0.15, 0.2) is 5.79 Å². The van der Waals surface area contributed by atoms with Gasteiger partial charge in [-0.3, -0.25) is 9.59 Å². The molecule has 2 aromatic heterocycles. The highest BCUT2D eigenvalue weighted by Crippen LogP contribution is 2.31. The fourth-order valence-corrected chi connectivity index (χ4v) is 4.81. The molecule has 0 radical (unpaired) electrons. The topological polar surface area (TPSA) is 89.3 Å². The summed E-state index contributed by atoms with van der Waals surface area (Å²) in [5.41, 5.74) is -0.356. The molecule has 2 saturated heterocycles. The molecule has 0 aromatic carbocycles. The third-order valence-electron chi connectivity index (χ3n) is 5.39. The van der Waals surface area contributed by atoms with Gasteiger partial charge >= 0.3 is 0 Å². The second-order valence-electron chi connectivity index (χ2n) is 7.44. The van der Waals surface area contributed by atoms with Gasteiger partial charge < -0.3 is 19.3 Å². The summed E-state index contributed by atoms with van der Waals surface area (Å²) in [6.45, 7) is 8.13. The Balaban J connectivity index is 1.55. The number of anilines is 1. The molecule has 158 valence electrons. The molecule has 0 unspecified atom stereocenters. The molecule has 2 aliphatic rings. The van der Waals surface area contributed by atoms with E-state index in [0.717, 1.165) is 31.1 Å². The minimum Gasteiger partial charge on any atom is -0.347 e. The van der Waals surface area contributed by atoms with E-state index < -0.39 is 11.3 Å². The summed E-state index contributed by atoms with van der Waals surface area (Å²) in [5.74, 6) is -0.863. The zero-order valence-electron chi connectivity index (χ0n) is 16.9. The van der Waals surface area contributed by atoms with Crippen LogP contribution in [0.3, 0.4) is 0 Å². The number of hydrogen-bond acceptors (Lipinski definition) is 8. The molecule has 0 atom stereocenters. The molecule has 1 spiro atoms. The van der Waals surface area contributed by atoms with Crippen LogP contribution < -0.4 is 10.5 Å². The van der Waals surface area contributed by atoms with Gasteiger partial charge in [0.1, 0.15) is 5.56 Å². The number of likely N-dealkylation sites (tertiary alicyclic amines) is 1. The Hall–Kier alpha value is -2.04. The predicted molar refractivity (Wildman–Crippen MR) is 110 cm³/mol. The number of hydrogen-bond donors (Lipinski definition) is 0. The molecule has 9 nitrogen and oxygen atoms in total. The molecule has 4 heterocycles. The summed E-state index contributed by atoms with van der Waals surface area (Å²) < 4.78 is 12.7. The van der Waals surface area contributed by atoms with Gasteiger partial charge in [0.25, 0.3) is 11.5 Å². The first kappa shape index (κ1) is 20.2. The molecular weight excluding hydrogens is 394 g/mol. The fourth-order valence-electron chi connectivity index (χ4n) is 3.90. The lowest BCUT2D eigenvalue weighted by Crippen LogP contribution is -2.48. The molecule has 1 amide bonds. The number of rotatable bonds is 6. The van der Waals surface area contributed by atoms with Crippen molar-refractivity contribution in [1.29, 1.82) is 0 Å². The molecule has 29 heavy (non-hydrogen) atoms. The minimum atomic E-state index is -0.556. The molecule has 0 saturated carbocycles. The van der Waals surface area contributed by atoms with E-state index in [2.05, 4.69) is 28.8 Å². The number of fused-ring (bicyclic) bond motifs is 1. The van der Waals surface area contributed by atoms with Gasteiger partial charge in [-0.15, -0.1) is 5.10 Å². The molecule has 0 aliphatic carbocycles. The van der Waals surface area contributed by atoms with Crippen LogP contribution in [-0.2, 0) is 9.47 Å². The Morgan fingerprint density at radius 3 is 2.48 bits per heavy atom. The van der Waals surface area contributed by atoms with Crippen molar-refractivity contribution in [2.75, 3.05) is 44.3 Å². The van der Waals surface area contributed by atoms with E-state index in [4.69, 9.17) is 9.47 Å². The summed E-state index contributed by atoms with van der Waals surface area (Å²) in [5, 5.41) is 5.23. The van der Waals surface area contributed by atoms with E-state index in [9.17, 15) is 9.59 Å². The van der Waals surface area contributed by atoms with Crippen molar-refractivity contribution in [3.8, 4) is 0 Å². The van der Waals surface area contributed by atoms with Crippen LogP contribution in [0.5, 0.6) is 0 Å². The standard InChI is InChI=1S/C19H27N5O4S/c1-3-7-23(8-4-2)18-21-24-16(26)14(13-20-17(24)29-18)15(25)22-9-5-19(6-10-22)27-11-12-28-19/h13H,3-12H2,1-2H3. The molecular formula is C19H27N5O4S. The van der Waals surface area contributed by atoms with Crippen molar-refractivity contribution in [2.45, 2.75) is 45.3 Å². The highest BCUT2D eigenvalue weighted by atomic mass is 32.1. The SMILES string of the molecule is CCCN(CCC)c1nn2c(=O)c(C(=O)N3CCC4(CC3)OCCO4)cnc2s1. The van der Waals surface area contributed by atoms with E-state index in [0.29, 0.717) is 44.1 Å². The van der Waals surface area contributed by atoms with Gasteiger partial charge in [-0.2, -0.15) is 4.52 Å². The summed E-state index contributed by atoms with van der Waals surface area (Å²) in [7, 11) is 0. The van der Waals surface area contributed by atoms with Crippen molar-refractivity contribution >= 4 is 27.3 Å². The van der Waals surface area contributed by atoms with Gasteiger partial charge in [0.2, 0.25) is 10.1 Å².